The fraction of sp³-hybridized carbons (Fsp3) is 0.421. The fourth-order valence-corrected chi connectivity index (χ4v) is 3.31. The Morgan fingerprint density at radius 3 is 2.67 bits per heavy atom. The van der Waals surface area contributed by atoms with Crippen LogP contribution in [0.3, 0.4) is 0 Å². The Hall–Kier alpha value is -2.87. The first-order valence-corrected chi connectivity index (χ1v) is 8.83. The van der Waals surface area contributed by atoms with Gasteiger partial charge in [0, 0.05) is 30.8 Å². The lowest BCUT2D eigenvalue weighted by atomic mass is 10.0. The van der Waals surface area contributed by atoms with Crippen molar-refractivity contribution in [3.8, 4) is 5.75 Å². The minimum atomic E-state index is -1.10. The number of aromatic nitrogens is 2. The second-order valence-corrected chi connectivity index (χ2v) is 7.10. The highest BCUT2D eigenvalue weighted by Crippen LogP contribution is 2.27. The van der Waals surface area contributed by atoms with Gasteiger partial charge in [-0.1, -0.05) is 6.07 Å². The molecule has 0 radical (unpaired) electrons. The van der Waals surface area contributed by atoms with E-state index in [9.17, 15) is 19.8 Å². The second-order valence-electron chi connectivity index (χ2n) is 7.10. The standard InChI is InChI=1S/C19H24N4O4/c1-12-4-5-13(16(24)10-12)18(25)22-7-6-15-14(11-22)17(19(26)27)20-23(15)9-8-21(2)3/h4-5,10,24H,6-9,11H2,1-3H3,(H,26,27). The van der Waals surface area contributed by atoms with Crippen LogP contribution in [0.4, 0.5) is 0 Å². The summed E-state index contributed by atoms with van der Waals surface area (Å²) in [6.45, 7) is 3.79. The number of amides is 1. The summed E-state index contributed by atoms with van der Waals surface area (Å²) in [5, 5.41) is 23.9. The third-order valence-electron chi connectivity index (χ3n) is 4.77. The maximum absolute atomic E-state index is 12.8. The Kier molecular flexibility index (Phi) is 5.18. The number of aryl methyl sites for hydroxylation is 1. The Bertz CT molecular complexity index is 888. The van der Waals surface area contributed by atoms with Gasteiger partial charge in [0.2, 0.25) is 0 Å². The Morgan fingerprint density at radius 1 is 1.30 bits per heavy atom. The van der Waals surface area contributed by atoms with Gasteiger partial charge in [-0.2, -0.15) is 5.10 Å². The molecule has 8 nitrogen and oxygen atoms in total. The van der Waals surface area contributed by atoms with Crippen molar-refractivity contribution in [2.24, 2.45) is 0 Å². The molecule has 144 valence electrons. The number of carbonyl (C=O) groups excluding carboxylic acids is 1. The highest BCUT2D eigenvalue weighted by molar-refractivity contribution is 5.97. The summed E-state index contributed by atoms with van der Waals surface area (Å²) < 4.78 is 1.74. The molecule has 0 saturated heterocycles. The lowest BCUT2D eigenvalue weighted by Gasteiger charge is -2.28. The maximum atomic E-state index is 12.8. The van der Waals surface area contributed by atoms with Gasteiger partial charge in [0.05, 0.1) is 18.7 Å². The Labute approximate surface area is 157 Å². The number of carbonyl (C=O) groups is 2. The summed E-state index contributed by atoms with van der Waals surface area (Å²) in [6.07, 6.45) is 0.529. The van der Waals surface area contributed by atoms with Crippen LogP contribution in [-0.4, -0.2) is 68.9 Å². The van der Waals surface area contributed by atoms with Gasteiger partial charge in [0.15, 0.2) is 5.69 Å². The summed E-state index contributed by atoms with van der Waals surface area (Å²) in [5.74, 6) is -1.47. The average molecular weight is 372 g/mol. The fourth-order valence-electron chi connectivity index (χ4n) is 3.31. The SMILES string of the molecule is Cc1ccc(C(=O)N2CCc3c(c(C(=O)O)nn3CCN(C)C)C2)c(O)c1. The zero-order valence-corrected chi connectivity index (χ0v) is 15.8. The number of benzene rings is 1. The summed E-state index contributed by atoms with van der Waals surface area (Å²) >= 11 is 0. The minimum Gasteiger partial charge on any atom is -0.507 e. The molecule has 2 N–H and O–H groups in total. The van der Waals surface area contributed by atoms with E-state index in [2.05, 4.69) is 5.10 Å². The second kappa shape index (κ2) is 7.40. The number of phenols is 1. The molecule has 8 heteroatoms. The topological polar surface area (TPSA) is 98.9 Å². The van der Waals surface area contributed by atoms with Crippen molar-refractivity contribution in [1.82, 2.24) is 19.6 Å². The normalized spacial score (nSPS) is 13.7. The molecule has 1 aromatic carbocycles. The van der Waals surface area contributed by atoms with E-state index in [-0.39, 0.29) is 29.5 Å². The van der Waals surface area contributed by atoms with E-state index in [4.69, 9.17) is 0 Å². The van der Waals surface area contributed by atoms with Gasteiger partial charge in [0.25, 0.3) is 5.91 Å². The lowest BCUT2D eigenvalue weighted by molar-refractivity contribution is 0.0673. The molecule has 0 fully saturated rings. The first-order chi connectivity index (χ1) is 12.8. The van der Waals surface area contributed by atoms with Crippen LogP contribution in [0.15, 0.2) is 18.2 Å². The molecule has 2 heterocycles. The monoisotopic (exact) mass is 372 g/mol. The molecule has 0 bridgehead atoms. The predicted molar refractivity (Wildman–Crippen MR) is 99.0 cm³/mol. The van der Waals surface area contributed by atoms with Gasteiger partial charge in [-0.05, 0) is 38.7 Å². The van der Waals surface area contributed by atoms with E-state index in [1.54, 1.807) is 27.8 Å². The van der Waals surface area contributed by atoms with Crippen molar-refractivity contribution in [1.29, 1.82) is 0 Å². The van der Waals surface area contributed by atoms with Crippen LogP contribution < -0.4 is 0 Å². The zero-order chi connectivity index (χ0) is 19.7. The van der Waals surface area contributed by atoms with Crippen LogP contribution >= 0.6 is 0 Å². The zero-order valence-electron chi connectivity index (χ0n) is 15.8. The minimum absolute atomic E-state index is 0.00520. The highest BCUT2D eigenvalue weighted by Gasteiger charge is 2.31. The lowest BCUT2D eigenvalue weighted by Crippen LogP contribution is -2.37. The smallest absolute Gasteiger partial charge is 0.356 e. The number of hydrogen-bond acceptors (Lipinski definition) is 5. The number of aromatic carboxylic acids is 1. The number of rotatable bonds is 5. The van der Waals surface area contributed by atoms with E-state index >= 15 is 0 Å². The van der Waals surface area contributed by atoms with Gasteiger partial charge in [-0.15, -0.1) is 0 Å². The Morgan fingerprint density at radius 2 is 2.04 bits per heavy atom. The summed E-state index contributed by atoms with van der Waals surface area (Å²) in [4.78, 5) is 28.0. The Balaban J connectivity index is 1.88. The third kappa shape index (κ3) is 3.80. The molecule has 0 aliphatic carbocycles. The quantitative estimate of drug-likeness (QED) is 0.822. The largest absolute Gasteiger partial charge is 0.507 e. The molecular formula is C19H24N4O4. The molecule has 1 aliphatic heterocycles. The summed E-state index contributed by atoms with van der Waals surface area (Å²) in [5.41, 5.74) is 2.52. The number of fused-ring (bicyclic) bond motifs is 1. The van der Waals surface area contributed by atoms with Crippen molar-refractivity contribution in [2.45, 2.75) is 26.4 Å². The van der Waals surface area contributed by atoms with Crippen molar-refractivity contribution in [2.75, 3.05) is 27.2 Å². The number of phenolic OH excluding ortho intramolecular Hbond substituents is 1. The van der Waals surface area contributed by atoms with E-state index in [0.29, 0.717) is 25.1 Å². The number of hydrogen-bond donors (Lipinski definition) is 2. The molecule has 27 heavy (non-hydrogen) atoms. The van der Waals surface area contributed by atoms with Crippen LogP contribution in [0, 0.1) is 6.92 Å². The van der Waals surface area contributed by atoms with Crippen molar-refractivity contribution in [3.05, 3.63) is 46.3 Å². The van der Waals surface area contributed by atoms with Gasteiger partial charge >= 0.3 is 5.97 Å². The molecule has 0 atom stereocenters. The highest BCUT2D eigenvalue weighted by atomic mass is 16.4. The van der Waals surface area contributed by atoms with E-state index < -0.39 is 5.97 Å². The number of aromatic hydroxyl groups is 1. The molecule has 3 rings (SSSR count). The van der Waals surface area contributed by atoms with E-state index in [1.807, 2.05) is 25.9 Å². The van der Waals surface area contributed by atoms with Gasteiger partial charge < -0.3 is 20.0 Å². The molecule has 1 amide bonds. The summed E-state index contributed by atoms with van der Waals surface area (Å²) in [6, 6.07) is 4.91. The number of carboxylic acids is 1. The molecular weight excluding hydrogens is 348 g/mol. The number of carboxylic acid groups (broad SMARTS) is 1. The van der Waals surface area contributed by atoms with Crippen molar-refractivity contribution in [3.63, 3.8) is 0 Å². The van der Waals surface area contributed by atoms with Crippen molar-refractivity contribution < 1.29 is 19.8 Å². The van der Waals surface area contributed by atoms with Crippen LogP contribution in [0.2, 0.25) is 0 Å². The van der Waals surface area contributed by atoms with Crippen molar-refractivity contribution >= 4 is 11.9 Å². The third-order valence-corrected chi connectivity index (χ3v) is 4.77. The predicted octanol–water partition coefficient (Wildman–Crippen LogP) is 1.36. The first-order valence-electron chi connectivity index (χ1n) is 8.83. The summed E-state index contributed by atoms with van der Waals surface area (Å²) in [7, 11) is 3.89. The number of likely N-dealkylation sites (N-methyl/N-ethyl adjacent to an activating group) is 1. The van der Waals surface area contributed by atoms with Gasteiger partial charge in [-0.3, -0.25) is 9.48 Å². The van der Waals surface area contributed by atoms with Crippen LogP contribution in [0.25, 0.3) is 0 Å². The molecule has 0 spiro atoms. The van der Waals surface area contributed by atoms with E-state index in [0.717, 1.165) is 17.8 Å². The average Bonchev–Trinajstić information content (AvgIpc) is 2.97. The number of nitrogens with zero attached hydrogens (tertiary/aromatic N) is 4. The molecule has 2 aromatic rings. The molecule has 0 saturated carbocycles. The molecule has 1 aliphatic rings. The van der Waals surface area contributed by atoms with Gasteiger partial charge in [-0.25, -0.2) is 4.79 Å². The molecule has 0 unspecified atom stereocenters. The van der Waals surface area contributed by atoms with E-state index in [1.165, 1.54) is 0 Å². The maximum Gasteiger partial charge on any atom is 0.356 e. The first kappa shape index (κ1) is 18.9. The van der Waals surface area contributed by atoms with Crippen LogP contribution in [0.5, 0.6) is 5.75 Å². The molecule has 1 aromatic heterocycles. The van der Waals surface area contributed by atoms with Gasteiger partial charge in [0.1, 0.15) is 5.75 Å². The van der Waals surface area contributed by atoms with Crippen LogP contribution in [0.1, 0.15) is 37.7 Å². The van der Waals surface area contributed by atoms with Crippen LogP contribution in [-0.2, 0) is 19.5 Å².